The van der Waals surface area contributed by atoms with Gasteiger partial charge in [-0.05, 0) is 11.6 Å². The van der Waals surface area contributed by atoms with Crippen LogP contribution in [-0.2, 0) is 0 Å². The molecule has 0 spiro atoms. The summed E-state index contributed by atoms with van der Waals surface area (Å²) in [5.41, 5.74) is 0.741. The van der Waals surface area contributed by atoms with Crippen molar-refractivity contribution in [3.8, 4) is 0 Å². The van der Waals surface area contributed by atoms with Crippen molar-refractivity contribution in [1.29, 1.82) is 0 Å². The second-order valence-corrected chi connectivity index (χ2v) is 5.04. The number of hydrogen-bond donors (Lipinski definition) is 0. The summed E-state index contributed by atoms with van der Waals surface area (Å²) in [7, 11) is 0. The molecule has 2 rings (SSSR count). The highest BCUT2D eigenvalue weighted by atomic mass is 32.1. The minimum absolute atomic E-state index is 0.242. The van der Waals surface area contributed by atoms with Crippen LogP contribution in [0.5, 0.6) is 0 Å². The Labute approximate surface area is 124 Å². The van der Waals surface area contributed by atoms with Crippen LogP contribution >= 0.6 is 11.3 Å². The zero-order valence-corrected chi connectivity index (χ0v) is 11.5. The quantitative estimate of drug-likeness (QED) is 0.468. The second-order valence-electron chi connectivity index (χ2n) is 3.98. The first kappa shape index (κ1) is 14.6. The molecule has 0 aliphatic carbocycles. The molecule has 0 amide bonds. The summed E-state index contributed by atoms with van der Waals surface area (Å²) < 4.78 is 0. The molecule has 21 heavy (non-hydrogen) atoms. The van der Waals surface area contributed by atoms with Gasteiger partial charge in [-0.3, -0.25) is 20.2 Å². The third-order valence-corrected chi connectivity index (χ3v) is 3.59. The standard InChI is InChI=1S/C14H10N2O4S/c17-15(18)12-10-14(16(19)20)21-13(12)9-5-4-8-11-6-2-1-3-7-11/h1-10H/b8-4+,9-5+. The van der Waals surface area contributed by atoms with E-state index < -0.39 is 9.85 Å². The molecular formula is C14H10N2O4S. The molecular weight excluding hydrogens is 292 g/mol. The minimum Gasteiger partial charge on any atom is -0.258 e. The van der Waals surface area contributed by atoms with Crippen LogP contribution in [0.25, 0.3) is 12.2 Å². The predicted octanol–water partition coefficient (Wildman–Crippen LogP) is 4.29. The minimum atomic E-state index is -0.630. The maximum atomic E-state index is 10.8. The van der Waals surface area contributed by atoms with E-state index >= 15 is 0 Å². The molecule has 0 N–H and O–H groups in total. The largest absolute Gasteiger partial charge is 0.331 e. The molecule has 0 fully saturated rings. The van der Waals surface area contributed by atoms with Crippen LogP contribution < -0.4 is 0 Å². The number of nitrogens with zero attached hydrogens (tertiary/aromatic N) is 2. The van der Waals surface area contributed by atoms with Gasteiger partial charge in [-0.1, -0.05) is 59.9 Å². The maximum Gasteiger partial charge on any atom is 0.331 e. The topological polar surface area (TPSA) is 86.3 Å². The smallest absolute Gasteiger partial charge is 0.258 e. The summed E-state index contributed by atoms with van der Waals surface area (Å²) in [6, 6.07) is 10.5. The highest BCUT2D eigenvalue weighted by Gasteiger charge is 2.22. The lowest BCUT2D eigenvalue weighted by Gasteiger charge is -1.89. The van der Waals surface area contributed by atoms with E-state index in [1.165, 1.54) is 6.08 Å². The van der Waals surface area contributed by atoms with Crippen LogP contribution in [0.3, 0.4) is 0 Å². The molecule has 0 bridgehead atoms. The second kappa shape index (κ2) is 6.58. The fourth-order valence-corrected chi connectivity index (χ4v) is 2.46. The lowest BCUT2D eigenvalue weighted by atomic mass is 10.2. The van der Waals surface area contributed by atoms with Crippen LogP contribution in [0.2, 0.25) is 0 Å². The van der Waals surface area contributed by atoms with Crippen molar-refractivity contribution in [2.75, 3.05) is 0 Å². The molecule has 2 aromatic rings. The van der Waals surface area contributed by atoms with Gasteiger partial charge in [0, 0.05) is 0 Å². The summed E-state index contributed by atoms with van der Waals surface area (Å²) in [5.74, 6) is 0. The van der Waals surface area contributed by atoms with Gasteiger partial charge in [-0.2, -0.15) is 0 Å². The first-order valence-electron chi connectivity index (χ1n) is 5.90. The van der Waals surface area contributed by atoms with Gasteiger partial charge in [-0.25, -0.2) is 0 Å². The van der Waals surface area contributed by atoms with E-state index in [0.29, 0.717) is 0 Å². The van der Waals surface area contributed by atoms with Crippen LogP contribution in [0, 0.1) is 20.2 Å². The van der Waals surface area contributed by atoms with E-state index in [-0.39, 0.29) is 15.6 Å². The van der Waals surface area contributed by atoms with Crippen LogP contribution in [0.1, 0.15) is 10.4 Å². The van der Waals surface area contributed by atoms with Crippen molar-refractivity contribution in [2.45, 2.75) is 0 Å². The Balaban J connectivity index is 2.19. The van der Waals surface area contributed by atoms with E-state index in [9.17, 15) is 20.2 Å². The van der Waals surface area contributed by atoms with Crippen LogP contribution in [-0.4, -0.2) is 9.85 Å². The van der Waals surface area contributed by atoms with Gasteiger partial charge < -0.3 is 0 Å². The van der Waals surface area contributed by atoms with Gasteiger partial charge >= 0.3 is 5.00 Å². The zero-order valence-electron chi connectivity index (χ0n) is 10.7. The predicted molar refractivity (Wildman–Crippen MR) is 82.1 cm³/mol. The van der Waals surface area contributed by atoms with Gasteiger partial charge in [0.05, 0.1) is 9.85 Å². The number of benzene rings is 1. The van der Waals surface area contributed by atoms with Gasteiger partial charge in [-0.15, -0.1) is 0 Å². The Morgan fingerprint density at radius 2 is 1.62 bits per heavy atom. The van der Waals surface area contributed by atoms with E-state index in [1.807, 2.05) is 36.4 Å². The van der Waals surface area contributed by atoms with Gasteiger partial charge in [0.25, 0.3) is 5.69 Å². The normalized spacial score (nSPS) is 11.2. The number of thiophene rings is 1. The first-order chi connectivity index (χ1) is 10.1. The molecule has 1 aromatic carbocycles. The Bertz CT molecular complexity index is 720. The van der Waals surface area contributed by atoms with E-state index in [0.717, 1.165) is 23.0 Å². The van der Waals surface area contributed by atoms with Gasteiger partial charge in [0.2, 0.25) is 0 Å². The van der Waals surface area contributed by atoms with E-state index in [4.69, 9.17) is 0 Å². The number of allylic oxidation sites excluding steroid dienone is 2. The van der Waals surface area contributed by atoms with Gasteiger partial charge in [0.15, 0.2) is 0 Å². The lowest BCUT2D eigenvalue weighted by molar-refractivity contribution is -0.390. The summed E-state index contributed by atoms with van der Waals surface area (Å²) >= 11 is 0.781. The monoisotopic (exact) mass is 302 g/mol. The number of nitro groups is 2. The fraction of sp³-hybridized carbons (Fsp3) is 0. The molecule has 0 radical (unpaired) electrons. The van der Waals surface area contributed by atoms with E-state index in [2.05, 4.69) is 0 Å². The molecule has 0 aliphatic rings. The molecule has 7 heteroatoms. The average molecular weight is 302 g/mol. The van der Waals surface area contributed by atoms with Crippen LogP contribution in [0.15, 0.2) is 48.6 Å². The molecule has 0 atom stereocenters. The Morgan fingerprint density at radius 3 is 2.24 bits per heavy atom. The summed E-state index contributed by atoms with van der Waals surface area (Å²) in [6.07, 6.45) is 6.68. The molecule has 1 heterocycles. The molecule has 1 aromatic heterocycles. The summed E-state index contributed by atoms with van der Waals surface area (Å²) in [4.78, 5) is 20.5. The molecule has 0 saturated carbocycles. The Kier molecular flexibility index (Phi) is 4.57. The zero-order chi connectivity index (χ0) is 15.2. The molecule has 106 valence electrons. The molecule has 0 unspecified atom stereocenters. The summed E-state index contributed by atoms with van der Waals surface area (Å²) in [6.45, 7) is 0. The van der Waals surface area contributed by atoms with Crippen molar-refractivity contribution < 1.29 is 9.85 Å². The van der Waals surface area contributed by atoms with E-state index in [1.54, 1.807) is 12.2 Å². The third kappa shape index (κ3) is 3.83. The molecule has 0 aliphatic heterocycles. The highest BCUT2D eigenvalue weighted by molar-refractivity contribution is 7.16. The van der Waals surface area contributed by atoms with Crippen molar-refractivity contribution in [2.24, 2.45) is 0 Å². The number of hydrogen-bond acceptors (Lipinski definition) is 5. The van der Waals surface area contributed by atoms with Crippen molar-refractivity contribution >= 4 is 34.2 Å². The van der Waals surface area contributed by atoms with Gasteiger partial charge in [0.1, 0.15) is 10.9 Å². The van der Waals surface area contributed by atoms with Crippen molar-refractivity contribution in [3.05, 3.63) is 79.2 Å². The maximum absolute atomic E-state index is 10.8. The Morgan fingerprint density at radius 1 is 0.952 bits per heavy atom. The molecule has 0 saturated heterocycles. The van der Waals surface area contributed by atoms with Crippen molar-refractivity contribution in [3.63, 3.8) is 0 Å². The fourth-order valence-electron chi connectivity index (χ4n) is 1.61. The first-order valence-corrected chi connectivity index (χ1v) is 6.72. The SMILES string of the molecule is O=[N+]([O-])c1cc([N+](=O)[O-])c(/C=C/C=C/c2ccccc2)s1. The lowest BCUT2D eigenvalue weighted by Crippen LogP contribution is -1.86. The Hall–Kier alpha value is -2.80. The third-order valence-electron chi connectivity index (χ3n) is 2.55. The number of rotatable bonds is 5. The van der Waals surface area contributed by atoms with Crippen LogP contribution in [0.4, 0.5) is 10.7 Å². The highest BCUT2D eigenvalue weighted by Crippen LogP contribution is 2.35. The summed E-state index contributed by atoms with van der Waals surface area (Å²) in [5, 5.41) is 21.3. The van der Waals surface area contributed by atoms with Crippen molar-refractivity contribution in [1.82, 2.24) is 0 Å². The molecule has 6 nitrogen and oxygen atoms in total. The average Bonchev–Trinajstić information content (AvgIpc) is 2.89.